The van der Waals surface area contributed by atoms with Gasteiger partial charge in [0.05, 0.1) is 34.5 Å². The lowest BCUT2D eigenvalue weighted by atomic mass is 10.3. The highest BCUT2D eigenvalue weighted by Crippen LogP contribution is 2.21. The largest absolute Gasteiger partial charge is 0.245 e. The quantitative estimate of drug-likeness (QED) is 0.683. The van der Waals surface area contributed by atoms with Gasteiger partial charge in [-0.15, -0.1) is 28.0 Å². The molecule has 0 spiro atoms. The molecule has 0 fully saturated rings. The van der Waals surface area contributed by atoms with E-state index in [0.717, 1.165) is 16.2 Å². The van der Waals surface area contributed by atoms with Gasteiger partial charge in [-0.3, -0.25) is 0 Å². The van der Waals surface area contributed by atoms with Crippen molar-refractivity contribution >= 4 is 33.2 Å². The van der Waals surface area contributed by atoms with Crippen molar-refractivity contribution in [3.05, 3.63) is 41.2 Å². The predicted octanol–water partition coefficient (Wildman–Crippen LogP) is 2.67. The Morgan fingerprint density at radius 2 is 2.18 bits per heavy atom. The van der Waals surface area contributed by atoms with Crippen LogP contribution in [0, 0.1) is 0 Å². The Bertz CT molecular complexity index is 613. The van der Waals surface area contributed by atoms with Crippen LogP contribution in [0.3, 0.4) is 0 Å². The first-order valence-electron chi connectivity index (χ1n) is 5.14. The summed E-state index contributed by atoms with van der Waals surface area (Å²) in [6.45, 7) is 0.642. The maximum atomic E-state index is 5.68. The molecule has 0 unspecified atom stereocenters. The van der Waals surface area contributed by atoms with Crippen molar-refractivity contribution in [1.82, 2.24) is 20.0 Å². The lowest BCUT2D eigenvalue weighted by Gasteiger charge is -1.93. The van der Waals surface area contributed by atoms with Crippen LogP contribution in [0.4, 0.5) is 0 Å². The number of hydrogen-bond donors (Lipinski definition) is 0. The van der Waals surface area contributed by atoms with Crippen molar-refractivity contribution in [2.75, 3.05) is 0 Å². The molecule has 4 nitrogen and oxygen atoms in total. The summed E-state index contributed by atoms with van der Waals surface area (Å²) >= 11 is 7.35. The first-order chi connectivity index (χ1) is 8.35. The lowest BCUT2D eigenvalue weighted by Crippen LogP contribution is -1.99. The van der Waals surface area contributed by atoms with Crippen molar-refractivity contribution in [3.8, 4) is 0 Å². The van der Waals surface area contributed by atoms with Crippen LogP contribution in [0.5, 0.6) is 0 Å². The number of aromatic nitrogens is 4. The summed E-state index contributed by atoms with van der Waals surface area (Å²) in [5.41, 5.74) is 1.82. The number of hydrogen-bond acceptors (Lipinski definition) is 4. The summed E-state index contributed by atoms with van der Waals surface area (Å²) in [5, 5.41) is 8.97. The fourth-order valence-electron chi connectivity index (χ4n) is 1.60. The van der Waals surface area contributed by atoms with Crippen LogP contribution < -0.4 is 0 Å². The molecule has 6 heteroatoms. The number of para-hydroxylation sites is 1. The number of thiazole rings is 1. The Hall–Kier alpha value is -1.46. The van der Waals surface area contributed by atoms with Gasteiger partial charge in [0.15, 0.2) is 0 Å². The monoisotopic (exact) mass is 264 g/mol. The van der Waals surface area contributed by atoms with E-state index in [1.165, 1.54) is 4.70 Å². The molecule has 0 saturated carbocycles. The number of halogens is 1. The molecule has 0 aliphatic carbocycles. The second-order valence-electron chi connectivity index (χ2n) is 3.62. The van der Waals surface area contributed by atoms with Crippen molar-refractivity contribution in [1.29, 1.82) is 0 Å². The maximum absolute atomic E-state index is 5.68. The highest BCUT2D eigenvalue weighted by Gasteiger charge is 2.05. The van der Waals surface area contributed by atoms with Crippen molar-refractivity contribution in [3.63, 3.8) is 0 Å². The summed E-state index contributed by atoms with van der Waals surface area (Å²) in [6, 6.07) is 8.10. The molecule has 0 saturated heterocycles. The molecule has 3 rings (SSSR count). The molecule has 0 atom stereocenters. The first kappa shape index (κ1) is 10.7. The number of nitrogens with zero attached hydrogens (tertiary/aromatic N) is 4. The smallest absolute Gasteiger partial charge is 0.115 e. The molecular weight excluding hydrogens is 256 g/mol. The topological polar surface area (TPSA) is 43.6 Å². The third kappa shape index (κ3) is 2.16. The van der Waals surface area contributed by atoms with Gasteiger partial charge in [0.25, 0.3) is 0 Å². The van der Waals surface area contributed by atoms with Crippen LogP contribution in [0.2, 0.25) is 0 Å². The molecule has 2 aromatic heterocycles. The minimum absolute atomic E-state index is 0.389. The fourth-order valence-corrected chi connectivity index (χ4v) is 2.69. The minimum atomic E-state index is 0.389. The molecule has 0 aliphatic rings. The molecule has 0 bridgehead atoms. The van der Waals surface area contributed by atoms with E-state index >= 15 is 0 Å². The Morgan fingerprint density at radius 3 is 2.94 bits per heavy atom. The summed E-state index contributed by atoms with van der Waals surface area (Å²) in [7, 11) is 0. The van der Waals surface area contributed by atoms with E-state index in [0.29, 0.717) is 12.4 Å². The second-order valence-corrected chi connectivity index (χ2v) is 5.00. The van der Waals surface area contributed by atoms with E-state index in [1.54, 1.807) is 16.0 Å². The predicted molar refractivity (Wildman–Crippen MR) is 68.3 cm³/mol. The zero-order chi connectivity index (χ0) is 11.7. The second kappa shape index (κ2) is 4.43. The van der Waals surface area contributed by atoms with Crippen molar-refractivity contribution in [2.24, 2.45) is 0 Å². The normalized spacial score (nSPS) is 11.1. The number of benzene rings is 1. The molecule has 0 radical (unpaired) electrons. The van der Waals surface area contributed by atoms with E-state index in [1.807, 2.05) is 24.4 Å². The zero-order valence-corrected chi connectivity index (χ0v) is 10.4. The van der Waals surface area contributed by atoms with E-state index < -0.39 is 0 Å². The van der Waals surface area contributed by atoms with E-state index in [2.05, 4.69) is 21.4 Å². The lowest BCUT2D eigenvalue weighted by molar-refractivity contribution is 0.647. The van der Waals surface area contributed by atoms with E-state index in [4.69, 9.17) is 11.6 Å². The molecule has 86 valence electrons. The highest BCUT2D eigenvalue weighted by atomic mass is 35.5. The molecule has 2 heterocycles. The van der Waals surface area contributed by atoms with Gasteiger partial charge in [-0.2, -0.15) is 0 Å². The minimum Gasteiger partial charge on any atom is -0.245 e. The number of rotatable bonds is 3. The van der Waals surface area contributed by atoms with Crippen LogP contribution >= 0.6 is 22.9 Å². The SMILES string of the molecule is ClCc1cn(Cc2nc3ccccc3s2)nn1. The zero-order valence-electron chi connectivity index (χ0n) is 8.88. The molecule has 1 aromatic carbocycles. The Labute approximate surface area is 107 Å². The van der Waals surface area contributed by atoms with Crippen molar-refractivity contribution < 1.29 is 0 Å². The molecule has 0 amide bonds. The maximum Gasteiger partial charge on any atom is 0.115 e. The molecule has 17 heavy (non-hydrogen) atoms. The summed E-state index contributed by atoms with van der Waals surface area (Å²) in [4.78, 5) is 4.54. The standard InChI is InChI=1S/C11H9ClN4S/c12-5-8-6-16(15-14-8)7-11-13-9-3-1-2-4-10(9)17-11/h1-4,6H,5,7H2. The Kier molecular flexibility index (Phi) is 2.78. The average Bonchev–Trinajstić information content (AvgIpc) is 2.94. The van der Waals surface area contributed by atoms with Gasteiger partial charge in [-0.25, -0.2) is 9.67 Å². The third-order valence-corrected chi connectivity index (χ3v) is 3.65. The third-order valence-electron chi connectivity index (χ3n) is 2.36. The molecule has 0 N–H and O–H groups in total. The highest BCUT2D eigenvalue weighted by molar-refractivity contribution is 7.18. The van der Waals surface area contributed by atoms with Crippen LogP contribution in [0.25, 0.3) is 10.2 Å². The average molecular weight is 265 g/mol. The first-order valence-corrected chi connectivity index (χ1v) is 6.49. The Balaban J connectivity index is 1.89. The van der Waals surface area contributed by atoms with Crippen LogP contribution in [-0.2, 0) is 12.4 Å². The van der Waals surface area contributed by atoms with E-state index in [-0.39, 0.29) is 0 Å². The van der Waals surface area contributed by atoms with Crippen LogP contribution in [-0.4, -0.2) is 20.0 Å². The molecule has 3 aromatic rings. The van der Waals surface area contributed by atoms with Crippen LogP contribution in [0.15, 0.2) is 30.5 Å². The molecule has 0 aliphatic heterocycles. The summed E-state index contributed by atoms with van der Waals surface area (Å²) in [5.74, 6) is 0.389. The van der Waals surface area contributed by atoms with Gasteiger partial charge in [-0.1, -0.05) is 17.3 Å². The van der Waals surface area contributed by atoms with Gasteiger partial charge >= 0.3 is 0 Å². The van der Waals surface area contributed by atoms with Gasteiger partial charge in [0, 0.05) is 0 Å². The van der Waals surface area contributed by atoms with Gasteiger partial charge in [0.2, 0.25) is 0 Å². The fraction of sp³-hybridized carbons (Fsp3) is 0.182. The number of fused-ring (bicyclic) bond motifs is 1. The number of alkyl halides is 1. The summed E-state index contributed by atoms with van der Waals surface area (Å²) < 4.78 is 2.95. The van der Waals surface area contributed by atoms with Gasteiger partial charge in [0.1, 0.15) is 5.01 Å². The Morgan fingerprint density at radius 1 is 1.29 bits per heavy atom. The summed E-state index contributed by atoms with van der Waals surface area (Å²) in [6.07, 6.45) is 1.85. The van der Waals surface area contributed by atoms with Crippen LogP contribution in [0.1, 0.15) is 10.7 Å². The van der Waals surface area contributed by atoms with E-state index in [9.17, 15) is 0 Å². The van der Waals surface area contributed by atoms with Gasteiger partial charge in [-0.05, 0) is 12.1 Å². The van der Waals surface area contributed by atoms with Crippen molar-refractivity contribution in [2.45, 2.75) is 12.4 Å². The molecular formula is C11H9ClN4S. The van der Waals surface area contributed by atoms with Gasteiger partial charge < -0.3 is 0 Å².